The Kier molecular flexibility index (Phi) is 4.11. The Hall–Kier alpha value is -1.13. The summed E-state index contributed by atoms with van der Waals surface area (Å²) in [5.74, 6) is 1.50. The van der Waals surface area contributed by atoms with E-state index >= 15 is 0 Å². The lowest BCUT2D eigenvalue weighted by Crippen LogP contribution is -2.16. The number of rotatable bonds is 2. The van der Waals surface area contributed by atoms with Gasteiger partial charge in [0.25, 0.3) is 0 Å². The highest BCUT2D eigenvalue weighted by molar-refractivity contribution is 9.10. The van der Waals surface area contributed by atoms with E-state index in [1.807, 2.05) is 30.3 Å². The molecule has 1 heterocycles. The van der Waals surface area contributed by atoms with Crippen LogP contribution in [0.25, 0.3) is 0 Å². The molecule has 0 amide bonds. The fourth-order valence-electron chi connectivity index (χ4n) is 1.52. The highest BCUT2D eigenvalue weighted by Crippen LogP contribution is 2.27. The van der Waals surface area contributed by atoms with Crippen LogP contribution in [0.2, 0.25) is 5.02 Å². The Morgan fingerprint density at radius 3 is 2.47 bits per heavy atom. The molecule has 0 bridgehead atoms. The molecule has 2 rings (SSSR count). The second-order valence-electron chi connectivity index (χ2n) is 5.25. The number of nitrogens with one attached hydrogen (secondary N) is 1. The molecule has 0 aliphatic rings. The molecule has 2 aromatic rings. The van der Waals surface area contributed by atoms with Gasteiger partial charge in [-0.15, -0.1) is 0 Å². The summed E-state index contributed by atoms with van der Waals surface area (Å²) in [5.41, 5.74) is 0.718. The largest absolute Gasteiger partial charge is 0.339 e. The number of nitrogens with zero attached hydrogens (tertiary/aromatic N) is 2. The van der Waals surface area contributed by atoms with Crippen molar-refractivity contribution in [1.29, 1.82) is 0 Å². The molecular formula is C14H15BrClN3. The van der Waals surface area contributed by atoms with Gasteiger partial charge >= 0.3 is 0 Å². The van der Waals surface area contributed by atoms with Gasteiger partial charge in [-0.1, -0.05) is 44.5 Å². The summed E-state index contributed by atoms with van der Waals surface area (Å²) in [5, 5.41) is 3.87. The molecule has 0 saturated carbocycles. The first-order valence-corrected chi connectivity index (χ1v) is 7.10. The predicted octanol–water partition coefficient (Wildman–Crippen LogP) is 4.93. The third-order valence-corrected chi connectivity index (χ3v) is 3.24. The van der Waals surface area contributed by atoms with Crippen LogP contribution in [-0.4, -0.2) is 9.97 Å². The van der Waals surface area contributed by atoms with Crippen LogP contribution in [-0.2, 0) is 5.41 Å². The minimum absolute atomic E-state index is 0.110. The molecule has 0 unspecified atom stereocenters. The monoisotopic (exact) mass is 339 g/mol. The van der Waals surface area contributed by atoms with Gasteiger partial charge in [-0.05, 0) is 28.1 Å². The summed E-state index contributed by atoms with van der Waals surface area (Å²) in [7, 11) is 0. The first kappa shape index (κ1) is 14.3. The summed E-state index contributed by atoms with van der Waals surface area (Å²) in [6.07, 6.45) is 0. The van der Waals surface area contributed by atoms with E-state index in [1.54, 1.807) is 0 Å². The lowest BCUT2D eigenvalue weighted by Gasteiger charge is -2.18. The third-order valence-electron chi connectivity index (χ3n) is 2.50. The van der Waals surface area contributed by atoms with Crippen LogP contribution in [0.15, 0.2) is 34.9 Å². The van der Waals surface area contributed by atoms with E-state index in [0.29, 0.717) is 5.02 Å². The van der Waals surface area contributed by atoms with Gasteiger partial charge in [0.1, 0.15) is 16.2 Å². The van der Waals surface area contributed by atoms with E-state index in [2.05, 4.69) is 52.0 Å². The zero-order valence-electron chi connectivity index (χ0n) is 11.0. The number of hydrogen-bond donors (Lipinski definition) is 1. The molecule has 1 aromatic carbocycles. The molecule has 1 N–H and O–H groups in total. The van der Waals surface area contributed by atoms with Crippen molar-refractivity contribution in [2.24, 2.45) is 0 Å². The molecule has 3 nitrogen and oxygen atoms in total. The van der Waals surface area contributed by atoms with Gasteiger partial charge in [0.2, 0.25) is 0 Å². The van der Waals surface area contributed by atoms with Crippen LogP contribution in [0.1, 0.15) is 26.6 Å². The number of halogens is 2. The van der Waals surface area contributed by atoms with Gasteiger partial charge in [0.15, 0.2) is 0 Å². The molecule has 0 aliphatic heterocycles. The Morgan fingerprint density at radius 2 is 1.84 bits per heavy atom. The van der Waals surface area contributed by atoms with Crippen molar-refractivity contribution in [3.63, 3.8) is 0 Å². The first-order chi connectivity index (χ1) is 8.86. The van der Waals surface area contributed by atoms with E-state index in [0.717, 1.165) is 21.9 Å². The number of aromatic nitrogens is 2. The second kappa shape index (κ2) is 5.47. The van der Waals surface area contributed by atoms with Crippen molar-refractivity contribution in [2.45, 2.75) is 26.2 Å². The average molecular weight is 341 g/mol. The minimum atomic E-state index is -0.110. The van der Waals surface area contributed by atoms with Crippen LogP contribution >= 0.6 is 27.5 Å². The fraction of sp³-hybridized carbons (Fsp3) is 0.286. The highest BCUT2D eigenvalue weighted by Gasteiger charge is 2.18. The minimum Gasteiger partial charge on any atom is -0.339 e. The SMILES string of the molecule is CC(C)(C)c1nc(Br)cc(Nc2ccccc2Cl)n1. The molecule has 100 valence electrons. The lowest BCUT2D eigenvalue weighted by molar-refractivity contribution is 0.544. The molecule has 0 aliphatic carbocycles. The maximum atomic E-state index is 6.13. The van der Waals surface area contributed by atoms with Crippen molar-refractivity contribution in [2.75, 3.05) is 5.32 Å². The molecule has 1 aromatic heterocycles. The number of para-hydroxylation sites is 1. The molecule has 0 radical (unpaired) electrons. The quantitative estimate of drug-likeness (QED) is 0.787. The zero-order chi connectivity index (χ0) is 14.0. The number of benzene rings is 1. The van der Waals surface area contributed by atoms with Gasteiger partial charge in [-0.25, -0.2) is 9.97 Å². The summed E-state index contributed by atoms with van der Waals surface area (Å²) in [6, 6.07) is 9.40. The molecular weight excluding hydrogens is 326 g/mol. The van der Waals surface area contributed by atoms with Crippen molar-refractivity contribution in [3.8, 4) is 0 Å². The maximum absolute atomic E-state index is 6.13. The Balaban J connectivity index is 2.36. The van der Waals surface area contributed by atoms with Gasteiger partial charge in [-0.2, -0.15) is 0 Å². The van der Waals surface area contributed by atoms with Gasteiger partial charge in [-0.3, -0.25) is 0 Å². The summed E-state index contributed by atoms with van der Waals surface area (Å²) in [6.45, 7) is 6.23. The van der Waals surface area contributed by atoms with Gasteiger partial charge in [0.05, 0.1) is 10.7 Å². The van der Waals surface area contributed by atoms with Crippen LogP contribution in [0.5, 0.6) is 0 Å². The van der Waals surface area contributed by atoms with Crippen molar-refractivity contribution in [1.82, 2.24) is 9.97 Å². The Bertz CT molecular complexity index is 593. The fourth-order valence-corrected chi connectivity index (χ4v) is 2.09. The average Bonchev–Trinajstić information content (AvgIpc) is 2.30. The third kappa shape index (κ3) is 3.67. The highest BCUT2D eigenvalue weighted by atomic mass is 79.9. The normalized spacial score (nSPS) is 11.4. The molecule has 0 atom stereocenters. The molecule has 0 spiro atoms. The van der Waals surface area contributed by atoms with Crippen LogP contribution in [0.3, 0.4) is 0 Å². The van der Waals surface area contributed by atoms with Crippen molar-refractivity contribution < 1.29 is 0 Å². The van der Waals surface area contributed by atoms with E-state index in [4.69, 9.17) is 11.6 Å². The topological polar surface area (TPSA) is 37.8 Å². The predicted molar refractivity (Wildman–Crippen MR) is 83.2 cm³/mol. The molecule has 19 heavy (non-hydrogen) atoms. The smallest absolute Gasteiger partial charge is 0.137 e. The summed E-state index contributed by atoms with van der Waals surface area (Å²) in [4.78, 5) is 8.93. The van der Waals surface area contributed by atoms with Gasteiger partial charge in [0, 0.05) is 11.5 Å². The Morgan fingerprint density at radius 1 is 1.16 bits per heavy atom. The van der Waals surface area contributed by atoms with Crippen molar-refractivity contribution in [3.05, 3.63) is 45.8 Å². The van der Waals surface area contributed by atoms with E-state index < -0.39 is 0 Å². The van der Waals surface area contributed by atoms with Crippen LogP contribution in [0, 0.1) is 0 Å². The maximum Gasteiger partial charge on any atom is 0.137 e. The number of anilines is 2. The van der Waals surface area contributed by atoms with E-state index in [9.17, 15) is 0 Å². The van der Waals surface area contributed by atoms with Crippen molar-refractivity contribution >= 4 is 39.0 Å². The molecule has 0 fully saturated rings. The van der Waals surface area contributed by atoms with Gasteiger partial charge < -0.3 is 5.32 Å². The van der Waals surface area contributed by atoms with E-state index in [1.165, 1.54) is 0 Å². The summed E-state index contributed by atoms with van der Waals surface area (Å²) >= 11 is 9.54. The lowest BCUT2D eigenvalue weighted by atomic mass is 9.96. The molecule has 0 saturated heterocycles. The zero-order valence-corrected chi connectivity index (χ0v) is 13.4. The van der Waals surface area contributed by atoms with E-state index in [-0.39, 0.29) is 5.41 Å². The Labute approximate surface area is 126 Å². The standard InChI is InChI=1S/C14H15BrClN3/c1-14(2,3)13-18-11(15)8-12(19-13)17-10-7-5-4-6-9(10)16/h4-8H,1-3H3,(H,17,18,19). The number of hydrogen-bond acceptors (Lipinski definition) is 3. The molecule has 5 heteroatoms. The second-order valence-corrected chi connectivity index (χ2v) is 6.47. The summed E-state index contributed by atoms with van der Waals surface area (Å²) < 4.78 is 0.752. The first-order valence-electron chi connectivity index (χ1n) is 5.93. The van der Waals surface area contributed by atoms with Crippen LogP contribution in [0.4, 0.5) is 11.5 Å². The van der Waals surface area contributed by atoms with Crippen LogP contribution < -0.4 is 5.32 Å².